The minimum atomic E-state index is -0.354. The number of rotatable bonds is 7. The number of hydrogen-bond acceptors (Lipinski definition) is 4. The van der Waals surface area contributed by atoms with E-state index >= 15 is 0 Å². The molecule has 0 aliphatic rings. The van der Waals surface area contributed by atoms with Gasteiger partial charge in [-0.1, -0.05) is 15.9 Å². The lowest BCUT2D eigenvalue weighted by atomic mass is 10.1. The van der Waals surface area contributed by atoms with Gasteiger partial charge < -0.3 is 4.90 Å². The number of nitro benzene ring substituents is 1. The Kier molecular flexibility index (Phi) is 6.65. The minimum absolute atomic E-state index is 0.142. The van der Waals surface area contributed by atoms with E-state index in [1.807, 2.05) is 24.9 Å². The fraction of sp³-hybridized carbons (Fsp3) is 0.538. The molecule has 0 heterocycles. The van der Waals surface area contributed by atoms with Crippen molar-refractivity contribution in [2.75, 3.05) is 24.0 Å². The zero-order chi connectivity index (χ0) is 14.4. The summed E-state index contributed by atoms with van der Waals surface area (Å²) in [5, 5.41) is 11.4. The maximum Gasteiger partial charge on any atom is 0.269 e. The molecule has 1 aromatic rings. The molecule has 1 aromatic carbocycles. The van der Waals surface area contributed by atoms with Crippen LogP contribution in [-0.4, -0.2) is 30.0 Å². The summed E-state index contributed by atoms with van der Waals surface area (Å²) < 4.78 is 0. The molecule has 4 nitrogen and oxygen atoms in total. The maximum absolute atomic E-state index is 10.8. The molecule has 1 unspecified atom stereocenters. The highest BCUT2D eigenvalue weighted by atomic mass is 79.9. The summed E-state index contributed by atoms with van der Waals surface area (Å²) >= 11 is 5.24. The first-order valence-corrected chi connectivity index (χ1v) is 8.57. The Morgan fingerprint density at radius 2 is 2.21 bits per heavy atom. The van der Waals surface area contributed by atoms with Crippen LogP contribution in [0.2, 0.25) is 0 Å². The van der Waals surface area contributed by atoms with Gasteiger partial charge in [-0.15, -0.1) is 0 Å². The number of nitro groups is 1. The normalized spacial score (nSPS) is 12.2. The van der Waals surface area contributed by atoms with Crippen LogP contribution < -0.4 is 4.90 Å². The van der Waals surface area contributed by atoms with Crippen LogP contribution in [0, 0.1) is 10.1 Å². The number of hydrogen-bond donors (Lipinski definition) is 0. The summed E-state index contributed by atoms with van der Waals surface area (Å²) in [6.07, 6.45) is 3.19. The van der Waals surface area contributed by atoms with Crippen LogP contribution in [0.4, 0.5) is 11.4 Å². The lowest BCUT2D eigenvalue weighted by Gasteiger charge is -2.28. The van der Waals surface area contributed by atoms with Crippen LogP contribution in [0.25, 0.3) is 0 Å². The molecular weight excluding hydrogens is 328 g/mol. The molecule has 19 heavy (non-hydrogen) atoms. The fourth-order valence-electron chi connectivity index (χ4n) is 1.86. The third-order valence-electron chi connectivity index (χ3n) is 3.20. The molecule has 106 valence electrons. The maximum atomic E-state index is 10.8. The van der Waals surface area contributed by atoms with E-state index in [9.17, 15) is 10.1 Å². The smallest absolute Gasteiger partial charge is 0.269 e. The molecule has 0 saturated heterocycles. The number of non-ortho nitro benzene ring substituents is 1. The van der Waals surface area contributed by atoms with E-state index in [0.29, 0.717) is 11.4 Å². The van der Waals surface area contributed by atoms with Crippen molar-refractivity contribution in [2.24, 2.45) is 0 Å². The Labute approximate surface area is 126 Å². The van der Waals surface area contributed by atoms with Gasteiger partial charge in [-0.25, -0.2) is 0 Å². The highest BCUT2D eigenvalue weighted by Gasteiger charge is 2.16. The summed E-state index contributed by atoms with van der Waals surface area (Å²) in [7, 11) is 2.04. The van der Waals surface area contributed by atoms with Gasteiger partial charge in [-0.2, -0.15) is 11.8 Å². The van der Waals surface area contributed by atoms with Crippen LogP contribution in [-0.2, 0) is 5.33 Å². The molecule has 0 spiro atoms. The monoisotopic (exact) mass is 346 g/mol. The molecule has 1 rings (SSSR count). The number of alkyl halides is 1. The zero-order valence-corrected chi connectivity index (χ0v) is 13.8. The lowest BCUT2D eigenvalue weighted by Crippen LogP contribution is -2.30. The molecule has 6 heteroatoms. The van der Waals surface area contributed by atoms with Crippen molar-refractivity contribution in [1.29, 1.82) is 0 Å². The Morgan fingerprint density at radius 3 is 2.74 bits per heavy atom. The van der Waals surface area contributed by atoms with Gasteiger partial charge in [0.05, 0.1) is 4.92 Å². The van der Waals surface area contributed by atoms with Gasteiger partial charge in [0.1, 0.15) is 0 Å². The average Bonchev–Trinajstić information content (AvgIpc) is 2.42. The molecule has 0 bridgehead atoms. The Hall–Kier alpha value is -0.750. The van der Waals surface area contributed by atoms with Crippen LogP contribution in [0.1, 0.15) is 18.9 Å². The summed E-state index contributed by atoms with van der Waals surface area (Å²) in [6, 6.07) is 5.46. The molecule has 1 atom stereocenters. The summed E-state index contributed by atoms with van der Waals surface area (Å²) in [4.78, 5) is 12.6. The SMILES string of the molecule is CSCCC(C)N(C)c1ccc([N+](=O)[O-])cc1CBr. The second-order valence-electron chi connectivity index (χ2n) is 4.45. The first-order chi connectivity index (χ1) is 9.01. The van der Waals surface area contributed by atoms with Gasteiger partial charge in [-0.3, -0.25) is 10.1 Å². The van der Waals surface area contributed by atoms with Gasteiger partial charge in [0.2, 0.25) is 0 Å². The lowest BCUT2D eigenvalue weighted by molar-refractivity contribution is -0.384. The molecule has 0 aliphatic carbocycles. The van der Waals surface area contributed by atoms with E-state index < -0.39 is 0 Å². The van der Waals surface area contributed by atoms with Crippen molar-refractivity contribution in [2.45, 2.75) is 24.7 Å². The van der Waals surface area contributed by atoms with E-state index in [-0.39, 0.29) is 10.6 Å². The predicted octanol–water partition coefficient (Wildman–Crippen LogP) is 4.07. The third kappa shape index (κ3) is 4.38. The van der Waals surface area contributed by atoms with Crippen LogP contribution in [0.15, 0.2) is 18.2 Å². The van der Waals surface area contributed by atoms with Gasteiger partial charge >= 0.3 is 0 Å². The molecular formula is C13H19BrN2O2S. The quantitative estimate of drug-likeness (QED) is 0.424. The second kappa shape index (κ2) is 7.75. The van der Waals surface area contributed by atoms with E-state index in [1.54, 1.807) is 12.1 Å². The molecule has 0 aromatic heterocycles. The van der Waals surface area contributed by atoms with Crippen molar-refractivity contribution < 1.29 is 4.92 Å². The zero-order valence-electron chi connectivity index (χ0n) is 11.4. The topological polar surface area (TPSA) is 46.4 Å². The minimum Gasteiger partial charge on any atom is -0.372 e. The van der Waals surface area contributed by atoms with Gasteiger partial charge in [0.15, 0.2) is 0 Å². The van der Waals surface area contributed by atoms with Crippen molar-refractivity contribution >= 4 is 39.1 Å². The molecule has 0 fully saturated rings. The number of benzene rings is 1. The van der Waals surface area contributed by atoms with Crippen molar-refractivity contribution in [3.63, 3.8) is 0 Å². The number of halogens is 1. The van der Waals surface area contributed by atoms with E-state index in [2.05, 4.69) is 34.0 Å². The van der Waals surface area contributed by atoms with Crippen LogP contribution in [0.3, 0.4) is 0 Å². The summed E-state index contributed by atoms with van der Waals surface area (Å²) in [6.45, 7) is 2.18. The molecule has 0 saturated carbocycles. The van der Waals surface area contributed by atoms with E-state index in [1.165, 1.54) is 0 Å². The molecule has 0 amide bonds. The molecule has 0 radical (unpaired) electrons. The second-order valence-corrected chi connectivity index (χ2v) is 5.99. The third-order valence-corrected chi connectivity index (χ3v) is 4.45. The highest BCUT2D eigenvalue weighted by Crippen LogP contribution is 2.28. The molecule has 0 aliphatic heterocycles. The highest BCUT2D eigenvalue weighted by molar-refractivity contribution is 9.08. The van der Waals surface area contributed by atoms with Crippen molar-refractivity contribution in [1.82, 2.24) is 0 Å². The Morgan fingerprint density at radius 1 is 1.53 bits per heavy atom. The summed E-state index contributed by atoms with van der Waals surface area (Å²) in [5.41, 5.74) is 2.15. The first-order valence-electron chi connectivity index (χ1n) is 6.06. The number of nitrogens with zero attached hydrogens (tertiary/aromatic N) is 2. The van der Waals surface area contributed by atoms with Gasteiger partial charge in [0.25, 0.3) is 5.69 Å². The first kappa shape index (κ1) is 16.3. The standard InChI is InChI=1S/C13H19BrN2O2S/c1-10(6-7-19-3)15(2)13-5-4-12(16(17)18)8-11(13)9-14/h4-5,8,10H,6-7,9H2,1-3H3. The fourth-order valence-corrected chi connectivity index (χ4v) is 2.88. The Bertz CT molecular complexity index is 443. The Balaban J connectivity index is 2.95. The van der Waals surface area contributed by atoms with Crippen molar-refractivity contribution in [3.8, 4) is 0 Å². The number of thioether (sulfide) groups is 1. The van der Waals surface area contributed by atoms with Crippen LogP contribution >= 0.6 is 27.7 Å². The number of anilines is 1. The summed E-state index contributed by atoms with van der Waals surface area (Å²) in [5.74, 6) is 1.11. The van der Waals surface area contributed by atoms with Gasteiger partial charge in [0, 0.05) is 36.2 Å². The average molecular weight is 347 g/mol. The van der Waals surface area contributed by atoms with E-state index in [0.717, 1.165) is 23.4 Å². The van der Waals surface area contributed by atoms with Crippen molar-refractivity contribution in [3.05, 3.63) is 33.9 Å². The molecule has 0 N–H and O–H groups in total. The largest absolute Gasteiger partial charge is 0.372 e. The van der Waals surface area contributed by atoms with E-state index in [4.69, 9.17) is 0 Å². The van der Waals surface area contributed by atoms with Crippen LogP contribution in [0.5, 0.6) is 0 Å². The van der Waals surface area contributed by atoms with Gasteiger partial charge in [-0.05, 0) is 37.0 Å². The predicted molar refractivity (Wildman–Crippen MR) is 86.6 cm³/mol.